The van der Waals surface area contributed by atoms with Gasteiger partial charge < -0.3 is 4.74 Å². The monoisotopic (exact) mass is 276 g/mol. The van der Waals surface area contributed by atoms with Crippen molar-refractivity contribution in [2.45, 2.75) is 13.0 Å². The zero-order valence-electron chi connectivity index (χ0n) is 10.8. The predicted molar refractivity (Wildman–Crippen MR) is 78.2 cm³/mol. The summed E-state index contributed by atoms with van der Waals surface area (Å²) in [5.41, 5.74) is 5.09. The summed E-state index contributed by atoms with van der Waals surface area (Å²) in [6.07, 6.45) is 0. The smallest absolute Gasteiger partial charge is 0.119 e. The Morgan fingerprint density at radius 2 is 1.74 bits per heavy atom. The number of benzene rings is 2. The third kappa shape index (κ3) is 3.96. The second kappa shape index (κ2) is 6.57. The Morgan fingerprint density at radius 3 is 2.32 bits per heavy atom. The molecule has 2 aromatic rings. The Hall–Kier alpha value is -1.55. The lowest BCUT2D eigenvalue weighted by Crippen LogP contribution is -2.32. The first-order valence-corrected chi connectivity index (χ1v) is 6.48. The minimum Gasteiger partial charge on any atom is -0.492 e. The molecular formula is C15H17ClN2O. The van der Waals surface area contributed by atoms with Crippen LogP contribution in [0.15, 0.2) is 48.5 Å². The standard InChI is InChI=1S/C15H17ClN2O/c1-11-2-4-12(5-3-11)15(18-17)10-19-14-8-6-13(16)7-9-14/h2-9,15,18H,10,17H2,1H3. The molecule has 2 aromatic carbocycles. The van der Waals surface area contributed by atoms with Gasteiger partial charge in [0.05, 0.1) is 6.04 Å². The average Bonchev–Trinajstić information content (AvgIpc) is 2.43. The lowest BCUT2D eigenvalue weighted by molar-refractivity contribution is 0.267. The summed E-state index contributed by atoms with van der Waals surface area (Å²) < 4.78 is 5.70. The van der Waals surface area contributed by atoms with Gasteiger partial charge in [-0.25, -0.2) is 5.43 Å². The van der Waals surface area contributed by atoms with Crippen molar-refractivity contribution in [2.75, 3.05) is 6.61 Å². The van der Waals surface area contributed by atoms with Crippen molar-refractivity contribution in [1.82, 2.24) is 5.43 Å². The molecule has 100 valence electrons. The zero-order valence-corrected chi connectivity index (χ0v) is 11.5. The molecule has 0 aliphatic rings. The van der Waals surface area contributed by atoms with Crippen molar-refractivity contribution in [1.29, 1.82) is 0 Å². The van der Waals surface area contributed by atoms with E-state index in [1.807, 2.05) is 24.3 Å². The quantitative estimate of drug-likeness (QED) is 0.651. The lowest BCUT2D eigenvalue weighted by atomic mass is 10.1. The molecule has 0 saturated carbocycles. The summed E-state index contributed by atoms with van der Waals surface area (Å²) in [5, 5.41) is 0.694. The molecule has 0 aliphatic heterocycles. The first kappa shape index (κ1) is 13.9. The van der Waals surface area contributed by atoms with Crippen molar-refractivity contribution in [3.63, 3.8) is 0 Å². The zero-order chi connectivity index (χ0) is 13.7. The Bertz CT molecular complexity index is 511. The van der Waals surface area contributed by atoms with Gasteiger partial charge in [0.2, 0.25) is 0 Å². The molecule has 0 heterocycles. The van der Waals surface area contributed by atoms with Gasteiger partial charge >= 0.3 is 0 Å². The fourth-order valence-electron chi connectivity index (χ4n) is 1.75. The maximum absolute atomic E-state index is 5.82. The SMILES string of the molecule is Cc1ccc(C(COc2ccc(Cl)cc2)NN)cc1. The topological polar surface area (TPSA) is 47.3 Å². The second-order valence-electron chi connectivity index (χ2n) is 4.39. The largest absolute Gasteiger partial charge is 0.492 e. The van der Waals surface area contributed by atoms with Crippen LogP contribution in [-0.4, -0.2) is 6.61 Å². The Kier molecular flexibility index (Phi) is 4.80. The van der Waals surface area contributed by atoms with Crippen LogP contribution in [0.1, 0.15) is 17.2 Å². The van der Waals surface area contributed by atoms with Crippen molar-refractivity contribution in [2.24, 2.45) is 5.84 Å². The van der Waals surface area contributed by atoms with Crippen LogP contribution in [0.3, 0.4) is 0 Å². The van der Waals surface area contributed by atoms with E-state index < -0.39 is 0 Å². The van der Waals surface area contributed by atoms with E-state index in [4.69, 9.17) is 22.2 Å². The third-order valence-corrected chi connectivity index (χ3v) is 3.16. The minimum atomic E-state index is -0.0451. The third-order valence-electron chi connectivity index (χ3n) is 2.91. The van der Waals surface area contributed by atoms with Gasteiger partial charge in [-0.15, -0.1) is 0 Å². The lowest BCUT2D eigenvalue weighted by Gasteiger charge is -2.17. The molecular weight excluding hydrogens is 260 g/mol. The molecule has 3 nitrogen and oxygen atoms in total. The van der Waals surface area contributed by atoms with E-state index >= 15 is 0 Å². The molecule has 1 unspecified atom stereocenters. The fraction of sp³-hybridized carbons (Fsp3) is 0.200. The highest BCUT2D eigenvalue weighted by molar-refractivity contribution is 6.30. The number of hydrogen-bond donors (Lipinski definition) is 2. The van der Waals surface area contributed by atoms with E-state index in [0.29, 0.717) is 11.6 Å². The molecule has 0 amide bonds. The Labute approximate surface area is 118 Å². The number of nitrogens with one attached hydrogen (secondary N) is 1. The molecule has 4 heteroatoms. The van der Waals surface area contributed by atoms with Crippen LogP contribution in [-0.2, 0) is 0 Å². The predicted octanol–water partition coefficient (Wildman–Crippen LogP) is 3.23. The normalized spacial score (nSPS) is 12.2. The molecule has 19 heavy (non-hydrogen) atoms. The second-order valence-corrected chi connectivity index (χ2v) is 4.83. The van der Waals surface area contributed by atoms with Crippen molar-refractivity contribution in [3.8, 4) is 5.75 Å². The first-order valence-electron chi connectivity index (χ1n) is 6.10. The summed E-state index contributed by atoms with van der Waals surface area (Å²) in [5.74, 6) is 6.35. The summed E-state index contributed by atoms with van der Waals surface area (Å²) in [6.45, 7) is 2.51. The van der Waals surface area contributed by atoms with Gasteiger partial charge in [-0.2, -0.15) is 0 Å². The molecule has 0 aromatic heterocycles. The van der Waals surface area contributed by atoms with E-state index in [1.54, 1.807) is 12.1 Å². The van der Waals surface area contributed by atoms with Crippen molar-refractivity contribution in [3.05, 3.63) is 64.7 Å². The number of rotatable bonds is 5. The van der Waals surface area contributed by atoms with Gasteiger partial charge in [-0.1, -0.05) is 41.4 Å². The summed E-state index contributed by atoms with van der Waals surface area (Å²) in [7, 11) is 0. The highest BCUT2D eigenvalue weighted by Gasteiger charge is 2.10. The molecule has 0 bridgehead atoms. The van der Waals surface area contributed by atoms with Crippen LogP contribution >= 0.6 is 11.6 Å². The average molecular weight is 277 g/mol. The van der Waals surface area contributed by atoms with Crippen LogP contribution < -0.4 is 16.0 Å². The Balaban J connectivity index is 1.99. The van der Waals surface area contributed by atoms with Crippen LogP contribution in [0.5, 0.6) is 5.75 Å². The van der Waals surface area contributed by atoms with Crippen LogP contribution in [0.25, 0.3) is 0 Å². The number of hydrazine groups is 1. The van der Waals surface area contributed by atoms with Crippen LogP contribution in [0.4, 0.5) is 0 Å². The van der Waals surface area contributed by atoms with Gasteiger partial charge in [0.1, 0.15) is 12.4 Å². The van der Waals surface area contributed by atoms with E-state index in [-0.39, 0.29) is 6.04 Å². The van der Waals surface area contributed by atoms with E-state index in [2.05, 4.69) is 24.5 Å². The van der Waals surface area contributed by atoms with Gasteiger partial charge in [0.15, 0.2) is 0 Å². The molecule has 0 saturated heterocycles. The molecule has 3 N–H and O–H groups in total. The van der Waals surface area contributed by atoms with E-state index in [9.17, 15) is 0 Å². The van der Waals surface area contributed by atoms with E-state index in [0.717, 1.165) is 11.3 Å². The van der Waals surface area contributed by atoms with Crippen molar-refractivity contribution < 1.29 is 4.74 Å². The van der Waals surface area contributed by atoms with Gasteiger partial charge in [-0.3, -0.25) is 5.84 Å². The highest BCUT2D eigenvalue weighted by atomic mass is 35.5. The van der Waals surface area contributed by atoms with Gasteiger partial charge in [0, 0.05) is 5.02 Å². The molecule has 0 fully saturated rings. The van der Waals surface area contributed by atoms with Gasteiger partial charge in [0.25, 0.3) is 0 Å². The number of nitrogens with two attached hydrogens (primary N) is 1. The number of halogens is 1. The molecule has 0 spiro atoms. The first-order chi connectivity index (χ1) is 9.19. The maximum Gasteiger partial charge on any atom is 0.119 e. The Morgan fingerprint density at radius 1 is 1.11 bits per heavy atom. The molecule has 1 atom stereocenters. The maximum atomic E-state index is 5.82. The number of hydrogen-bond acceptors (Lipinski definition) is 3. The fourth-order valence-corrected chi connectivity index (χ4v) is 1.88. The van der Waals surface area contributed by atoms with Crippen LogP contribution in [0.2, 0.25) is 5.02 Å². The molecule has 0 aliphatic carbocycles. The molecule has 2 rings (SSSR count). The number of aryl methyl sites for hydroxylation is 1. The summed E-state index contributed by atoms with van der Waals surface area (Å²) >= 11 is 5.82. The van der Waals surface area contributed by atoms with Crippen molar-refractivity contribution >= 4 is 11.6 Å². The minimum absolute atomic E-state index is 0.0451. The summed E-state index contributed by atoms with van der Waals surface area (Å²) in [4.78, 5) is 0. The van der Waals surface area contributed by atoms with E-state index in [1.165, 1.54) is 5.56 Å². The molecule has 0 radical (unpaired) electrons. The van der Waals surface area contributed by atoms with Gasteiger partial charge in [-0.05, 0) is 36.8 Å². The van der Waals surface area contributed by atoms with Crippen LogP contribution in [0, 0.1) is 6.92 Å². The summed E-state index contributed by atoms with van der Waals surface area (Å²) in [6, 6.07) is 15.4. The highest BCUT2D eigenvalue weighted by Crippen LogP contribution is 2.18. The number of ether oxygens (including phenoxy) is 1.